The Labute approximate surface area is 149 Å². The standard InChI is InChI=1S/C20H18BrNO2/c1-11-5-6-17-14(7-11)12-3-2-4-13(12)20(22-17)15-8-18-19(9-16(15)21)24-10-23-18/h2-3,5-9,12-13,20,22H,4,10H2,1H3/t12-,13+,20-/m1/s1. The van der Waals surface area contributed by atoms with Gasteiger partial charge in [-0.2, -0.15) is 0 Å². The van der Waals surface area contributed by atoms with E-state index < -0.39 is 0 Å². The lowest BCUT2D eigenvalue weighted by molar-refractivity contribution is 0.174. The molecule has 3 aliphatic rings. The van der Waals surface area contributed by atoms with Crippen LogP contribution in [0.2, 0.25) is 0 Å². The molecule has 0 fully saturated rings. The fourth-order valence-corrected chi connectivity index (χ4v) is 4.76. The lowest BCUT2D eigenvalue weighted by Gasteiger charge is -2.38. The Balaban J connectivity index is 1.61. The molecule has 1 N–H and O–H groups in total. The third-order valence-corrected chi connectivity index (χ3v) is 6.03. The molecule has 3 nitrogen and oxygen atoms in total. The number of halogens is 1. The number of ether oxygens (including phenoxy) is 2. The minimum absolute atomic E-state index is 0.254. The van der Waals surface area contributed by atoms with Gasteiger partial charge in [0.1, 0.15) is 0 Å². The summed E-state index contributed by atoms with van der Waals surface area (Å²) in [5, 5.41) is 3.78. The molecule has 5 rings (SSSR count). The van der Waals surface area contributed by atoms with E-state index in [-0.39, 0.29) is 6.04 Å². The number of fused-ring (bicyclic) bond motifs is 4. The van der Waals surface area contributed by atoms with Gasteiger partial charge in [0.2, 0.25) is 6.79 Å². The van der Waals surface area contributed by atoms with Crippen molar-refractivity contribution < 1.29 is 9.47 Å². The quantitative estimate of drug-likeness (QED) is 0.676. The topological polar surface area (TPSA) is 30.5 Å². The molecular weight excluding hydrogens is 366 g/mol. The minimum atomic E-state index is 0.254. The van der Waals surface area contributed by atoms with E-state index in [4.69, 9.17) is 9.47 Å². The van der Waals surface area contributed by atoms with Crippen LogP contribution in [0.25, 0.3) is 0 Å². The summed E-state index contributed by atoms with van der Waals surface area (Å²) in [6.45, 7) is 2.47. The summed E-state index contributed by atoms with van der Waals surface area (Å²) in [4.78, 5) is 0. The van der Waals surface area contributed by atoms with Gasteiger partial charge in [-0.15, -0.1) is 0 Å². The van der Waals surface area contributed by atoms with Crippen LogP contribution >= 0.6 is 15.9 Å². The average molecular weight is 384 g/mol. The van der Waals surface area contributed by atoms with Crippen LogP contribution in [-0.2, 0) is 0 Å². The first kappa shape index (κ1) is 14.4. The molecule has 0 unspecified atom stereocenters. The summed E-state index contributed by atoms with van der Waals surface area (Å²) in [7, 11) is 0. The van der Waals surface area contributed by atoms with Crippen LogP contribution < -0.4 is 14.8 Å². The maximum atomic E-state index is 5.60. The average Bonchev–Trinajstić information content (AvgIpc) is 3.22. The Morgan fingerprint density at radius 3 is 2.79 bits per heavy atom. The molecule has 2 aliphatic heterocycles. The molecule has 3 atom stereocenters. The Morgan fingerprint density at radius 1 is 1.08 bits per heavy atom. The molecule has 4 heteroatoms. The molecule has 122 valence electrons. The molecule has 0 radical (unpaired) electrons. The molecule has 2 aromatic carbocycles. The van der Waals surface area contributed by atoms with Crippen LogP contribution in [0.5, 0.6) is 11.5 Å². The van der Waals surface area contributed by atoms with Gasteiger partial charge in [0.05, 0.1) is 6.04 Å². The molecule has 0 amide bonds. The maximum absolute atomic E-state index is 5.60. The Morgan fingerprint density at radius 2 is 1.92 bits per heavy atom. The Kier molecular flexibility index (Phi) is 3.17. The fourth-order valence-electron chi connectivity index (χ4n) is 4.19. The van der Waals surface area contributed by atoms with Gasteiger partial charge in [-0.25, -0.2) is 0 Å². The van der Waals surface area contributed by atoms with Crippen molar-refractivity contribution >= 4 is 21.6 Å². The van der Waals surface area contributed by atoms with Gasteiger partial charge in [0.15, 0.2) is 11.5 Å². The van der Waals surface area contributed by atoms with Crippen molar-refractivity contribution in [2.45, 2.75) is 25.3 Å². The van der Waals surface area contributed by atoms with Crippen LogP contribution in [0, 0.1) is 12.8 Å². The number of hydrogen-bond acceptors (Lipinski definition) is 3. The number of anilines is 1. The second-order valence-electron chi connectivity index (χ2n) is 6.79. The molecule has 0 spiro atoms. The van der Waals surface area contributed by atoms with Gasteiger partial charge >= 0.3 is 0 Å². The third-order valence-electron chi connectivity index (χ3n) is 5.35. The molecule has 0 bridgehead atoms. The van der Waals surface area contributed by atoms with Crippen LogP contribution in [0.15, 0.2) is 47.0 Å². The number of nitrogens with one attached hydrogen (secondary N) is 1. The SMILES string of the molecule is Cc1ccc2c(c1)[C@@H]1C=CC[C@@H]1[C@H](c1cc3c(cc1Br)OCO3)N2. The lowest BCUT2D eigenvalue weighted by atomic mass is 9.76. The number of allylic oxidation sites excluding steroid dienone is 2. The summed E-state index contributed by atoms with van der Waals surface area (Å²) in [5.41, 5.74) is 5.21. The second kappa shape index (κ2) is 5.28. The highest BCUT2D eigenvalue weighted by molar-refractivity contribution is 9.10. The maximum Gasteiger partial charge on any atom is 0.231 e. The number of benzene rings is 2. The first-order valence-electron chi connectivity index (χ1n) is 8.33. The molecule has 2 heterocycles. The van der Waals surface area contributed by atoms with E-state index in [1.807, 2.05) is 6.07 Å². The molecule has 0 aromatic heterocycles. The monoisotopic (exact) mass is 383 g/mol. The number of aryl methyl sites for hydroxylation is 1. The highest BCUT2D eigenvalue weighted by Crippen LogP contribution is 2.52. The van der Waals surface area contributed by atoms with Crippen molar-refractivity contribution in [3.63, 3.8) is 0 Å². The number of hydrogen-bond donors (Lipinski definition) is 1. The van der Waals surface area contributed by atoms with Crippen LogP contribution in [0.3, 0.4) is 0 Å². The zero-order valence-corrected chi connectivity index (χ0v) is 15.0. The predicted octanol–water partition coefficient (Wildman–Crippen LogP) is 5.31. The van der Waals surface area contributed by atoms with E-state index in [0.717, 1.165) is 22.4 Å². The van der Waals surface area contributed by atoms with E-state index in [2.05, 4.69) is 64.6 Å². The second-order valence-corrected chi connectivity index (χ2v) is 7.65. The minimum Gasteiger partial charge on any atom is -0.454 e. The largest absolute Gasteiger partial charge is 0.454 e. The Hall–Kier alpha value is -1.94. The zero-order chi connectivity index (χ0) is 16.3. The lowest BCUT2D eigenvalue weighted by Crippen LogP contribution is -2.29. The zero-order valence-electron chi connectivity index (χ0n) is 13.4. The molecule has 24 heavy (non-hydrogen) atoms. The molecule has 0 saturated carbocycles. The van der Waals surface area contributed by atoms with Crippen molar-refractivity contribution in [2.24, 2.45) is 5.92 Å². The van der Waals surface area contributed by atoms with Gasteiger partial charge in [0.25, 0.3) is 0 Å². The summed E-state index contributed by atoms with van der Waals surface area (Å²) in [6.07, 6.45) is 5.79. The fraction of sp³-hybridized carbons (Fsp3) is 0.300. The van der Waals surface area contributed by atoms with Gasteiger partial charge in [-0.3, -0.25) is 0 Å². The Bertz CT molecular complexity index is 861. The summed E-state index contributed by atoms with van der Waals surface area (Å²) < 4.78 is 12.2. The van der Waals surface area contributed by atoms with E-state index in [9.17, 15) is 0 Å². The summed E-state index contributed by atoms with van der Waals surface area (Å²) in [6, 6.07) is 11.1. The third kappa shape index (κ3) is 2.09. The van der Waals surface area contributed by atoms with Gasteiger partial charge < -0.3 is 14.8 Å². The summed E-state index contributed by atoms with van der Waals surface area (Å²) in [5.74, 6) is 2.66. The first-order valence-corrected chi connectivity index (χ1v) is 9.13. The van der Waals surface area contributed by atoms with Crippen LogP contribution in [-0.4, -0.2) is 6.79 Å². The number of rotatable bonds is 1. The molecular formula is C20H18BrNO2. The van der Waals surface area contributed by atoms with Gasteiger partial charge in [-0.1, -0.05) is 45.8 Å². The van der Waals surface area contributed by atoms with Crippen LogP contribution in [0.1, 0.15) is 35.1 Å². The van der Waals surface area contributed by atoms with E-state index in [0.29, 0.717) is 18.6 Å². The van der Waals surface area contributed by atoms with Crippen molar-refractivity contribution in [1.29, 1.82) is 0 Å². The first-order chi connectivity index (χ1) is 11.7. The van der Waals surface area contributed by atoms with Gasteiger partial charge in [0, 0.05) is 16.1 Å². The van der Waals surface area contributed by atoms with E-state index in [1.54, 1.807) is 0 Å². The smallest absolute Gasteiger partial charge is 0.231 e. The van der Waals surface area contributed by atoms with Crippen molar-refractivity contribution in [3.8, 4) is 11.5 Å². The van der Waals surface area contributed by atoms with Gasteiger partial charge in [-0.05, 0) is 48.6 Å². The summed E-state index contributed by atoms with van der Waals surface area (Å²) >= 11 is 3.74. The van der Waals surface area contributed by atoms with Crippen molar-refractivity contribution in [1.82, 2.24) is 0 Å². The van der Waals surface area contributed by atoms with E-state index >= 15 is 0 Å². The molecule has 1 aliphatic carbocycles. The normalized spacial score (nSPS) is 26.0. The highest BCUT2D eigenvalue weighted by Gasteiger charge is 2.39. The van der Waals surface area contributed by atoms with Crippen LogP contribution in [0.4, 0.5) is 5.69 Å². The molecule has 2 aromatic rings. The van der Waals surface area contributed by atoms with Crippen molar-refractivity contribution in [2.75, 3.05) is 12.1 Å². The predicted molar refractivity (Wildman–Crippen MR) is 97.8 cm³/mol. The van der Waals surface area contributed by atoms with Crippen molar-refractivity contribution in [3.05, 3.63) is 63.6 Å². The van der Waals surface area contributed by atoms with E-state index in [1.165, 1.54) is 22.4 Å². The molecule has 0 saturated heterocycles. The highest BCUT2D eigenvalue weighted by atomic mass is 79.9.